The molecule has 3 aromatic rings. The van der Waals surface area contributed by atoms with Crippen LogP contribution in [0.4, 0.5) is 11.5 Å². The number of piperidine rings is 1. The summed E-state index contributed by atoms with van der Waals surface area (Å²) in [5.74, 6) is 0.919. The van der Waals surface area contributed by atoms with Crippen molar-refractivity contribution in [1.29, 1.82) is 0 Å². The van der Waals surface area contributed by atoms with Crippen LogP contribution in [0.25, 0.3) is 10.9 Å². The topological polar surface area (TPSA) is 96.7 Å². The Bertz CT molecular complexity index is 1060. The first-order chi connectivity index (χ1) is 15.7. The van der Waals surface area contributed by atoms with Crippen molar-refractivity contribution < 1.29 is 14.6 Å². The number of aliphatic hydroxyl groups is 1. The zero-order chi connectivity index (χ0) is 21.9. The van der Waals surface area contributed by atoms with E-state index < -0.39 is 6.10 Å². The van der Waals surface area contributed by atoms with Crippen molar-refractivity contribution in [2.45, 2.75) is 25.6 Å². The molecule has 170 valence electrons. The number of aromatic nitrogens is 4. The van der Waals surface area contributed by atoms with E-state index in [-0.39, 0.29) is 5.92 Å². The van der Waals surface area contributed by atoms with E-state index >= 15 is 0 Å². The van der Waals surface area contributed by atoms with Gasteiger partial charge in [-0.15, -0.1) is 21.5 Å². The number of benzene rings is 1. The molecule has 1 aromatic carbocycles. The minimum absolute atomic E-state index is 0.0860. The maximum atomic E-state index is 11.0. The summed E-state index contributed by atoms with van der Waals surface area (Å²) in [6.07, 6.45) is 3.13. The molecular formula is C22H28N6O3S. The second-order valence-electron chi connectivity index (χ2n) is 8.30. The third-order valence-corrected chi connectivity index (χ3v) is 7.25. The lowest BCUT2D eigenvalue weighted by atomic mass is 9.92. The van der Waals surface area contributed by atoms with Crippen LogP contribution >= 0.6 is 11.3 Å². The fourth-order valence-corrected chi connectivity index (χ4v) is 5.51. The molecule has 10 heteroatoms. The molecular weight excluding hydrogens is 428 g/mol. The van der Waals surface area contributed by atoms with Crippen LogP contribution in [0.3, 0.4) is 0 Å². The Kier molecular flexibility index (Phi) is 6.44. The molecule has 2 fully saturated rings. The van der Waals surface area contributed by atoms with Crippen molar-refractivity contribution >= 4 is 33.7 Å². The van der Waals surface area contributed by atoms with Crippen LogP contribution in [0.2, 0.25) is 0 Å². The fraction of sp³-hybridized carbons (Fsp3) is 0.545. The quantitative estimate of drug-likeness (QED) is 0.600. The molecule has 4 heterocycles. The van der Waals surface area contributed by atoms with Crippen LogP contribution in [0.1, 0.15) is 28.8 Å². The lowest BCUT2D eigenvalue weighted by molar-refractivity contribution is 0.0977. The number of anilines is 2. The standard InChI is InChI=1S/C22H28N6O3S/c1-30-14-17-12-23-22(32-17)20(29)15-3-2-6-28(13-15)21-18-5-4-16(11-19(18)24-26-25-21)27-7-9-31-10-8-27/h4-5,11-12,15,20,29H,2-3,6-10,13-14H2,1H3/t15-,20+/m0/s1. The Morgan fingerprint density at radius 3 is 2.94 bits per heavy atom. The highest BCUT2D eigenvalue weighted by atomic mass is 32.1. The average molecular weight is 457 g/mol. The van der Waals surface area contributed by atoms with E-state index in [1.54, 1.807) is 13.3 Å². The van der Waals surface area contributed by atoms with Gasteiger partial charge in [0, 0.05) is 56.5 Å². The lowest BCUT2D eigenvalue weighted by Crippen LogP contribution is -2.38. The van der Waals surface area contributed by atoms with Gasteiger partial charge in [0.1, 0.15) is 16.6 Å². The molecule has 2 atom stereocenters. The summed E-state index contributed by atoms with van der Waals surface area (Å²) in [6.45, 7) is 5.36. The van der Waals surface area contributed by atoms with Crippen LogP contribution in [-0.4, -0.2) is 72.0 Å². The summed E-state index contributed by atoms with van der Waals surface area (Å²) in [7, 11) is 1.67. The summed E-state index contributed by atoms with van der Waals surface area (Å²) in [5.41, 5.74) is 1.97. The van der Waals surface area contributed by atoms with Gasteiger partial charge in [-0.1, -0.05) is 0 Å². The molecule has 32 heavy (non-hydrogen) atoms. The van der Waals surface area contributed by atoms with Gasteiger partial charge in [-0.2, -0.15) is 0 Å². The monoisotopic (exact) mass is 456 g/mol. The van der Waals surface area contributed by atoms with Gasteiger partial charge >= 0.3 is 0 Å². The van der Waals surface area contributed by atoms with Crippen LogP contribution in [0, 0.1) is 5.92 Å². The third kappa shape index (κ3) is 4.40. The van der Waals surface area contributed by atoms with E-state index in [2.05, 4.69) is 48.4 Å². The summed E-state index contributed by atoms with van der Waals surface area (Å²) in [4.78, 5) is 9.99. The zero-order valence-electron chi connectivity index (χ0n) is 18.2. The molecule has 9 nitrogen and oxygen atoms in total. The zero-order valence-corrected chi connectivity index (χ0v) is 19.0. The minimum Gasteiger partial charge on any atom is -0.386 e. The van der Waals surface area contributed by atoms with Crippen LogP contribution < -0.4 is 9.80 Å². The predicted octanol–water partition coefficient (Wildman–Crippen LogP) is 2.41. The molecule has 0 bridgehead atoms. The molecule has 0 radical (unpaired) electrons. The Labute approximate surface area is 191 Å². The summed E-state index contributed by atoms with van der Waals surface area (Å²) in [6, 6.07) is 6.31. The number of ether oxygens (including phenoxy) is 2. The van der Waals surface area contributed by atoms with E-state index in [0.29, 0.717) is 13.2 Å². The summed E-state index contributed by atoms with van der Waals surface area (Å²) in [5, 5.41) is 25.5. The first kappa shape index (κ1) is 21.4. The van der Waals surface area contributed by atoms with Gasteiger partial charge in [0.2, 0.25) is 0 Å². The number of hydrogen-bond donors (Lipinski definition) is 1. The van der Waals surface area contributed by atoms with Crippen molar-refractivity contribution in [3.05, 3.63) is 34.3 Å². The van der Waals surface area contributed by atoms with E-state index in [0.717, 1.165) is 78.0 Å². The van der Waals surface area contributed by atoms with Gasteiger partial charge in [-0.3, -0.25) is 0 Å². The summed E-state index contributed by atoms with van der Waals surface area (Å²) < 4.78 is 10.6. The van der Waals surface area contributed by atoms with Crippen molar-refractivity contribution in [1.82, 2.24) is 20.4 Å². The minimum atomic E-state index is -0.595. The van der Waals surface area contributed by atoms with Gasteiger partial charge in [0.15, 0.2) is 5.82 Å². The normalized spacial score (nSPS) is 20.6. The highest BCUT2D eigenvalue weighted by Gasteiger charge is 2.30. The molecule has 5 rings (SSSR count). The molecule has 0 amide bonds. The maximum Gasteiger partial charge on any atom is 0.162 e. The first-order valence-corrected chi connectivity index (χ1v) is 11.9. The van der Waals surface area contributed by atoms with Crippen molar-refractivity contribution in [2.75, 3.05) is 56.3 Å². The molecule has 0 spiro atoms. The molecule has 1 N–H and O–H groups in total. The smallest absolute Gasteiger partial charge is 0.162 e. The number of rotatable bonds is 6. The van der Waals surface area contributed by atoms with Crippen molar-refractivity contribution in [3.8, 4) is 0 Å². The molecule has 0 aliphatic carbocycles. The number of fused-ring (bicyclic) bond motifs is 1. The second kappa shape index (κ2) is 9.62. The van der Waals surface area contributed by atoms with Crippen molar-refractivity contribution in [2.24, 2.45) is 5.92 Å². The van der Waals surface area contributed by atoms with Gasteiger partial charge < -0.3 is 24.4 Å². The van der Waals surface area contributed by atoms with E-state index in [9.17, 15) is 5.11 Å². The first-order valence-electron chi connectivity index (χ1n) is 11.1. The Balaban J connectivity index is 1.35. The fourth-order valence-electron chi connectivity index (χ4n) is 4.54. The molecule has 2 aliphatic heterocycles. The van der Waals surface area contributed by atoms with E-state index in [4.69, 9.17) is 9.47 Å². The van der Waals surface area contributed by atoms with Gasteiger partial charge in [0.25, 0.3) is 0 Å². The SMILES string of the molecule is COCc1cnc([C@H](O)[C@H]2CCCN(c3nnnc4cc(N5CCOCC5)ccc34)C2)s1. The Morgan fingerprint density at radius 2 is 2.09 bits per heavy atom. The van der Waals surface area contributed by atoms with Gasteiger partial charge in [0.05, 0.1) is 24.7 Å². The molecule has 2 aliphatic rings. The number of thiazole rings is 1. The number of aliphatic hydroxyl groups excluding tert-OH is 1. The second-order valence-corrected chi connectivity index (χ2v) is 9.45. The predicted molar refractivity (Wildman–Crippen MR) is 123 cm³/mol. The number of hydrogen-bond acceptors (Lipinski definition) is 10. The van der Waals surface area contributed by atoms with Crippen LogP contribution in [-0.2, 0) is 16.1 Å². The molecule has 2 aromatic heterocycles. The van der Waals surface area contributed by atoms with E-state index in [1.807, 2.05) is 0 Å². The highest BCUT2D eigenvalue weighted by Crippen LogP contribution is 2.35. The van der Waals surface area contributed by atoms with Crippen LogP contribution in [0.5, 0.6) is 0 Å². The Morgan fingerprint density at radius 1 is 1.22 bits per heavy atom. The number of morpholine rings is 1. The maximum absolute atomic E-state index is 11.0. The lowest BCUT2D eigenvalue weighted by Gasteiger charge is -2.35. The average Bonchev–Trinajstić information content (AvgIpc) is 3.32. The van der Waals surface area contributed by atoms with Crippen LogP contribution in [0.15, 0.2) is 24.4 Å². The van der Waals surface area contributed by atoms with Gasteiger partial charge in [-0.25, -0.2) is 4.98 Å². The number of nitrogens with zero attached hydrogens (tertiary/aromatic N) is 6. The molecule has 0 saturated carbocycles. The highest BCUT2D eigenvalue weighted by molar-refractivity contribution is 7.11. The third-order valence-electron chi connectivity index (χ3n) is 6.21. The molecule has 0 unspecified atom stereocenters. The largest absolute Gasteiger partial charge is 0.386 e. The number of methoxy groups -OCH3 is 1. The van der Waals surface area contributed by atoms with Crippen molar-refractivity contribution in [3.63, 3.8) is 0 Å². The van der Waals surface area contributed by atoms with Gasteiger partial charge in [-0.05, 0) is 36.3 Å². The summed E-state index contributed by atoms with van der Waals surface area (Å²) >= 11 is 1.52. The van der Waals surface area contributed by atoms with E-state index in [1.165, 1.54) is 11.3 Å². The molecule has 2 saturated heterocycles. The Hall–Kier alpha value is -2.40.